The Bertz CT molecular complexity index is 491. The monoisotopic (exact) mass is 313 g/mol. The molecule has 5 nitrogen and oxygen atoms in total. The number of rotatable bonds is 4. The topological polar surface area (TPSA) is 83.5 Å². The highest BCUT2D eigenvalue weighted by atomic mass is 35.5. The van der Waals surface area contributed by atoms with Gasteiger partial charge in [-0.15, -0.1) is 0 Å². The van der Waals surface area contributed by atoms with Gasteiger partial charge >= 0.3 is 0 Å². The standard InChI is InChI=1S/C9H11Cl2NO2S.CH2O2/c1-2-12-15(13,14)6-7-3-4-8(10)5-9(7)11;2-1-3/h3-5,12H,2,6H2,1H3;1H,(H,2,3). The van der Waals surface area contributed by atoms with Crippen LogP contribution in [-0.4, -0.2) is 26.5 Å². The fourth-order valence-electron chi connectivity index (χ4n) is 1.11. The third-order valence-corrected chi connectivity index (χ3v) is 3.73. The van der Waals surface area contributed by atoms with Gasteiger partial charge in [-0.3, -0.25) is 4.79 Å². The first kappa shape index (κ1) is 17.2. The van der Waals surface area contributed by atoms with Gasteiger partial charge in [-0.2, -0.15) is 0 Å². The summed E-state index contributed by atoms with van der Waals surface area (Å²) in [6.07, 6.45) is 0. The molecule has 102 valence electrons. The van der Waals surface area contributed by atoms with Gasteiger partial charge in [0, 0.05) is 16.6 Å². The summed E-state index contributed by atoms with van der Waals surface area (Å²) in [7, 11) is -3.30. The van der Waals surface area contributed by atoms with Crippen molar-refractivity contribution in [3.8, 4) is 0 Å². The van der Waals surface area contributed by atoms with Crippen molar-refractivity contribution >= 4 is 39.7 Å². The molecule has 2 N–H and O–H groups in total. The number of benzene rings is 1. The molecule has 0 aliphatic heterocycles. The normalized spacial score (nSPS) is 10.4. The third kappa shape index (κ3) is 6.80. The molecule has 0 bridgehead atoms. The van der Waals surface area contributed by atoms with Crippen LogP contribution in [0.25, 0.3) is 0 Å². The van der Waals surface area contributed by atoms with Crippen molar-refractivity contribution in [1.29, 1.82) is 0 Å². The molecule has 1 rings (SSSR count). The first-order chi connectivity index (χ1) is 8.36. The first-order valence-corrected chi connectivity index (χ1v) is 7.26. The van der Waals surface area contributed by atoms with Crippen LogP contribution < -0.4 is 4.72 Å². The van der Waals surface area contributed by atoms with Crippen LogP contribution in [0.5, 0.6) is 0 Å². The van der Waals surface area contributed by atoms with Gasteiger partial charge in [0.15, 0.2) is 0 Å². The van der Waals surface area contributed by atoms with Crippen molar-refractivity contribution < 1.29 is 18.3 Å². The Morgan fingerprint density at radius 1 is 1.39 bits per heavy atom. The van der Waals surface area contributed by atoms with E-state index in [-0.39, 0.29) is 12.2 Å². The predicted molar refractivity (Wildman–Crippen MR) is 71.5 cm³/mol. The second kappa shape index (κ2) is 8.31. The summed E-state index contributed by atoms with van der Waals surface area (Å²) in [5, 5.41) is 7.74. The Morgan fingerprint density at radius 3 is 2.39 bits per heavy atom. The van der Waals surface area contributed by atoms with Gasteiger partial charge in [-0.25, -0.2) is 13.1 Å². The van der Waals surface area contributed by atoms with Crippen LogP contribution >= 0.6 is 23.2 Å². The second-order valence-corrected chi connectivity index (χ2v) is 5.75. The summed E-state index contributed by atoms with van der Waals surface area (Å²) >= 11 is 11.6. The molecule has 0 unspecified atom stereocenters. The molecule has 0 aliphatic carbocycles. The van der Waals surface area contributed by atoms with Crippen molar-refractivity contribution in [2.45, 2.75) is 12.7 Å². The molecule has 0 saturated carbocycles. The van der Waals surface area contributed by atoms with Gasteiger partial charge < -0.3 is 5.11 Å². The van der Waals surface area contributed by atoms with E-state index in [1.807, 2.05) is 0 Å². The Hall–Kier alpha value is -0.820. The number of hydrogen-bond acceptors (Lipinski definition) is 3. The molecule has 0 radical (unpaired) electrons. The molecule has 0 aromatic heterocycles. The van der Waals surface area contributed by atoms with Crippen molar-refractivity contribution in [3.63, 3.8) is 0 Å². The number of carbonyl (C=O) groups is 1. The summed E-state index contributed by atoms with van der Waals surface area (Å²) in [6.45, 7) is 1.84. The Morgan fingerprint density at radius 2 is 1.94 bits per heavy atom. The zero-order chi connectivity index (χ0) is 14.2. The van der Waals surface area contributed by atoms with Crippen LogP contribution in [0.2, 0.25) is 10.0 Å². The van der Waals surface area contributed by atoms with Gasteiger partial charge in [-0.05, 0) is 17.7 Å². The van der Waals surface area contributed by atoms with Crippen LogP contribution in [0.3, 0.4) is 0 Å². The lowest BCUT2D eigenvalue weighted by Crippen LogP contribution is -2.24. The fraction of sp³-hybridized carbons (Fsp3) is 0.300. The molecule has 0 spiro atoms. The minimum atomic E-state index is -3.30. The fourth-order valence-corrected chi connectivity index (χ4v) is 2.87. The lowest BCUT2D eigenvalue weighted by atomic mass is 10.2. The molecule has 1 aromatic carbocycles. The highest BCUT2D eigenvalue weighted by Gasteiger charge is 2.12. The zero-order valence-corrected chi connectivity index (χ0v) is 11.9. The summed E-state index contributed by atoms with van der Waals surface area (Å²) in [4.78, 5) is 8.36. The summed E-state index contributed by atoms with van der Waals surface area (Å²) in [6, 6.07) is 4.75. The summed E-state index contributed by atoms with van der Waals surface area (Å²) in [5.74, 6) is -0.128. The van der Waals surface area contributed by atoms with Gasteiger partial charge in [0.1, 0.15) is 0 Å². The average molecular weight is 314 g/mol. The zero-order valence-electron chi connectivity index (χ0n) is 9.56. The van der Waals surface area contributed by atoms with Gasteiger partial charge in [0.2, 0.25) is 10.0 Å². The molecule has 18 heavy (non-hydrogen) atoms. The predicted octanol–water partition coefficient (Wildman–Crippen LogP) is 2.13. The molecule has 0 saturated heterocycles. The lowest BCUT2D eigenvalue weighted by molar-refractivity contribution is -0.122. The Balaban J connectivity index is 0.000000873. The van der Waals surface area contributed by atoms with Crippen LogP contribution in [0.1, 0.15) is 12.5 Å². The van der Waals surface area contributed by atoms with Crippen molar-refractivity contribution in [2.24, 2.45) is 0 Å². The maximum Gasteiger partial charge on any atom is 0.290 e. The van der Waals surface area contributed by atoms with E-state index in [0.29, 0.717) is 22.2 Å². The summed E-state index contributed by atoms with van der Waals surface area (Å²) in [5.41, 5.74) is 0.544. The Kier molecular flexibility index (Phi) is 7.93. The number of halogens is 2. The molecular weight excluding hydrogens is 301 g/mol. The Labute approximate surface area is 116 Å². The van der Waals surface area contributed by atoms with Crippen molar-refractivity contribution in [2.75, 3.05) is 6.54 Å². The molecule has 1 aromatic rings. The van der Waals surface area contributed by atoms with Crippen LogP contribution in [0.4, 0.5) is 0 Å². The largest absolute Gasteiger partial charge is 0.483 e. The molecule has 0 aliphatic rings. The van der Waals surface area contributed by atoms with Gasteiger partial charge in [0.05, 0.1) is 5.75 Å². The average Bonchev–Trinajstić information content (AvgIpc) is 2.23. The van der Waals surface area contributed by atoms with E-state index in [9.17, 15) is 8.42 Å². The summed E-state index contributed by atoms with van der Waals surface area (Å²) < 4.78 is 25.3. The molecule has 8 heteroatoms. The van der Waals surface area contributed by atoms with Crippen LogP contribution in [-0.2, 0) is 20.6 Å². The van der Waals surface area contributed by atoms with E-state index in [0.717, 1.165) is 0 Å². The quantitative estimate of drug-likeness (QED) is 0.834. The highest BCUT2D eigenvalue weighted by Crippen LogP contribution is 2.22. The highest BCUT2D eigenvalue weighted by molar-refractivity contribution is 7.88. The van der Waals surface area contributed by atoms with E-state index in [2.05, 4.69) is 4.72 Å². The molecular formula is C10H13Cl2NO4S. The molecule has 0 heterocycles. The van der Waals surface area contributed by atoms with Gasteiger partial charge in [0.25, 0.3) is 6.47 Å². The molecule has 0 fully saturated rings. The SMILES string of the molecule is CCNS(=O)(=O)Cc1ccc(Cl)cc1Cl.O=CO. The minimum absolute atomic E-state index is 0.128. The second-order valence-electron chi connectivity index (χ2n) is 3.10. The van der Waals surface area contributed by atoms with E-state index in [4.69, 9.17) is 33.1 Å². The smallest absolute Gasteiger partial charge is 0.290 e. The van der Waals surface area contributed by atoms with Crippen LogP contribution in [0.15, 0.2) is 18.2 Å². The van der Waals surface area contributed by atoms with E-state index < -0.39 is 10.0 Å². The third-order valence-electron chi connectivity index (χ3n) is 1.72. The van der Waals surface area contributed by atoms with Crippen molar-refractivity contribution in [1.82, 2.24) is 4.72 Å². The molecule has 0 atom stereocenters. The number of nitrogens with one attached hydrogen (secondary N) is 1. The van der Waals surface area contributed by atoms with E-state index >= 15 is 0 Å². The van der Waals surface area contributed by atoms with Crippen molar-refractivity contribution in [3.05, 3.63) is 33.8 Å². The maximum absolute atomic E-state index is 11.4. The van der Waals surface area contributed by atoms with Gasteiger partial charge in [-0.1, -0.05) is 36.2 Å². The number of hydrogen-bond donors (Lipinski definition) is 2. The minimum Gasteiger partial charge on any atom is -0.483 e. The number of carboxylic acid groups (broad SMARTS) is 1. The first-order valence-electron chi connectivity index (χ1n) is 4.85. The van der Waals surface area contributed by atoms with Crippen LogP contribution in [0, 0.1) is 0 Å². The van der Waals surface area contributed by atoms with E-state index in [1.165, 1.54) is 6.07 Å². The lowest BCUT2D eigenvalue weighted by Gasteiger charge is -2.06. The maximum atomic E-state index is 11.4. The van der Waals surface area contributed by atoms with E-state index in [1.54, 1.807) is 19.1 Å². The molecule has 0 amide bonds. The number of sulfonamides is 1.